The lowest BCUT2D eigenvalue weighted by Gasteiger charge is -2.38. The van der Waals surface area contributed by atoms with Crippen molar-refractivity contribution in [2.45, 2.75) is 63.7 Å². The molecule has 216 valence electrons. The van der Waals surface area contributed by atoms with Crippen LogP contribution in [0.4, 0.5) is 11.4 Å². The molecule has 1 aromatic rings. The highest BCUT2D eigenvalue weighted by Gasteiger charge is 2.75. The number of carbonyl (C=O) groups excluding carboxylic acids is 3. The second-order valence-corrected chi connectivity index (χ2v) is 11.0. The maximum atomic E-state index is 14.4. The summed E-state index contributed by atoms with van der Waals surface area (Å²) in [5.41, 5.74) is -0.664. The molecular weight excluding hydrogens is 510 g/mol. The van der Waals surface area contributed by atoms with Gasteiger partial charge in [0.25, 0.3) is 5.91 Å². The van der Waals surface area contributed by atoms with E-state index >= 15 is 0 Å². The number of likely N-dealkylation sites (tertiary alicyclic amines) is 1. The number of β-amino-alcohol motifs (C(OH)–C–C–N with tert-alkyl or cyclic N) is 1. The maximum Gasteiger partial charge on any atom is 0.313 e. The van der Waals surface area contributed by atoms with Crippen LogP contribution in [0.2, 0.25) is 0 Å². The first-order chi connectivity index (χ1) is 19.4. The summed E-state index contributed by atoms with van der Waals surface area (Å²) in [7, 11) is 0. The monoisotopic (exact) mass is 551 g/mol. The highest BCUT2D eigenvalue weighted by Crippen LogP contribution is 2.58. The van der Waals surface area contributed by atoms with Crippen molar-refractivity contribution in [2.75, 3.05) is 49.2 Å². The van der Waals surface area contributed by atoms with Crippen molar-refractivity contribution < 1.29 is 29.0 Å². The first-order valence-corrected chi connectivity index (χ1v) is 14.7. The maximum absolute atomic E-state index is 14.4. The molecular formula is C31H41N3O6. The molecule has 2 amide bonds. The number of aliphatic hydroxyl groups is 1. The summed E-state index contributed by atoms with van der Waals surface area (Å²) in [6, 6.07) is 6.82. The van der Waals surface area contributed by atoms with Crippen molar-refractivity contribution in [3.05, 3.63) is 48.6 Å². The number of esters is 1. The van der Waals surface area contributed by atoms with E-state index in [2.05, 4.69) is 18.7 Å². The van der Waals surface area contributed by atoms with Gasteiger partial charge >= 0.3 is 5.97 Å². The number of allylic oxidation sites excluding steroid dienone is 1. The van der Waals surface area contributed by atoms with Crippen LogP contribution in [0.25, 0.3) is 0 Å². The van der Waals surface area contributed by atoms with Gasteiger partial charge in [0, 0.05) is 37.6 Å². The lowest BCUT2D eigenvalue weighted by molar-refractivity contribution is -0.160. The van der Waals surface area contributed by atoms with E-state index in [-0.39, 0.29) is 31.6 Å². The molecule has 2 fully saturated rings. The van der Waals surface area contributed by atoms with E-state index < -0.39 is 35.0 Å². The molecule has 40 heavy (non-hydrogen) atoms. The van der Waals surface area contributed by atoms with Crippen LogP contribution < -0.4 is 9.80 Å². The molecule has 0 bridgehead atoms. The second-order valence-electron chi connectivity index (χ2n) is 11.0. The fraction of sp³-hybridized carbons (Fsp3) is 0.581. The standard InChI is InChI=1S/C31H41N3O6/c1-4-30-16-9-7-8-10-21-39-29(38)25(30)24-27(36)34(19-20-35)26-28(37)33(18-11-17-31(24,26)40-30)23-14-12-22(13-15-23)32(5-2)6-3/h9,11-17,24-26,35H,4-8,10,18-21H2,1-3H3/b16-9-/t24-,25+,26?,30-,31-/m0/s1. The Morgan fingerprint density at radius 3 is 2.40 bits per heavy atom. The normalized spacial score (nSPS) is 32.7. The predicted molar refractivity (Wildman–Crippen MR) is 152 cm³/mol. The minimum Gasteiger partial charge on any atom is -0.465 e. The molecule has 4 aliphatic rings. The van der Waals surface area contributed by atoms with Gasteiger partial charge in [-0.15, -0.1) is 0 Å². The summed E-state index contributed by atoms with van der Waals surface area (Å²) in [5.74, 6) is -2.97. The van der Waals surface area contributed by atoms with Crippen molar-refractivity contribution in [3.63, 3.8) is 0 Å². The van der Waals surface area contributed by atoms with E-state index in [9.17, 15) is 19.5 Å². The fourth-order valence-electron chi connectivity index (χ4n) is 7.05. The minimum absolute atomic E-state index is 0.0316. The summed E-state index contributed by atoms with van der Waals surface area (Å²) in [6.07, 6.45) is 10.5. The van der Waals surface area contributed by atoms with Crippen LogP contribution in [0.5, 0.6) is 0 Å². The SMILES string of the molecule is CCN(CC)c1ccc(N2CC=C[C@]34O[C@@]5(CC)/C=C\CCCCOC(=O)[C@H]5[C@H]3C(=O)N(CCO)C4C2=O)cc1. The van der Waals surface area contributed by atoms with Crippen molar-refractivity contribution in [1.82, 2.24) is 4.90 Å². The van der Waals surface area contributed by atoms with Gasteiger partial charge in [-0.05, 0) is 63.8 Å². The summed E-state index contributed by atoms with van der Waals surface area (Å²) >= 11 is 0. The molecule has 5 rings (SSSR count). The third-order valence-corrected chi connectivity index (χ3v) is 9.01. The predicted octanol–water partition coefficient (Wildman–Crippen LogP) is 3.07. The van der Waals surface area contributed by atoms with Crippen LogP contribution in [-0.2, 0) is 23.9 Å². The number of hydrogen-bond acceptors (Lipinski definition) is 7. The number of ether oxygens (including phenoxy) is 2. The average molecular weight is 552 g/mol. The molecule has 0 radical (unpaired) electrons. The smallest absolute Gasteiger partial charge is 0.313 e. The van der Waals surface area contributed by atoms with E-state index in [0.29, 0.717) is 18.7 Å². The molecule has 9 heteroatoms. The van der Waals surface area contributed by atoms with Gasteiger partial charge in [0.1, 0.15) is 23.2 Å². The van der Waals surface area contributed by atoms with Crippen LogP contribution in [0.3, 0.4) is 0 Å². The zero-order valence-electron chi connectivity index (χ0n) is 23.8. The lowest BCUT2D eigenvalue weighted by Crippen LogP contribution is -2.56. The third-order valence-electron chi connectivity index (χ3n) is 9.01. The Balaban J connectivity index is 1.59. The Kier molecular flexibility index (Phi) is 8.06. The Morgan fingerprint density at radius 1 is 0.975 bits per heavy atom. The zero-order chi connectivity index (χ0) is 28.5. The lowest BCUT2D eigenvalue weighted by atomic mass is 9.73. The Hall–Kier alpha value is -3.17. The molecule has 0 saturated carbocycles. The number of hydrogen-bond donors (Lipinski definition) is 1. The number of aliphatic hydroxyl groups excluding tert-OH is 1. The van der Waals surface area contributed by atoms with Gasteiger partial charge in [-0.25, -0.2) is 0 Å². The van der Waals surface area contributed by atoms with Gasteiger partial charge in [0.15, 0.2) is 0 Å². The second kappa shape index (κ2) is 11.4. The Labute approximate surface area is 236 Å². The Morgan fingerprint density at radius 2 is 1.73 bits per heavy atom. The van der Waals surface area contributed by atoms with Gasteiger partial charge < -0.3 is 29.3 Å². The van der Waals surface area contributed by atoms with E-state index in [1.807, 2.05) is 55.5 Å². The molecule has 1 unspecified atom stereocenters. The number of cyclic esters (lactones) is 1. The zero-order valence-corrected chi connectivity index (χ0v) is 23.8. The van der Waals surface area contributed by atoms with Gasteiger partial charge in [-0.3, -0.25) is 14.4 Å². The molecule has 2 saturated heterocycles. The molecule has 5 atom stereocenters. The van der Waals surface area contributed by atoms with Crippen LogP contribution >= 0.6 is 0 Å². The van der Waals surface area contributed by atoms with Crippen molar-refractivity contribution in [1.29, 1.82) is 0 Å². The summed E-state index contributed by atoms with van der Waals surface area (Å²) < 4.78 is 12.6. The van der Waals surface area contributed by atoms with E-state index in [1.54, 1.807) is 4.90 Å². The van der Waals surface area contributed by atoms with E-state index in [0.717, 1.165) is 38.0 Å². The van der Waals surface area contributed by atoms with Crippen molar-refractivity contribution in [2.24, 2.45) is 11.8 Å². The molecule has 1 spiro atoms. The fourth-order valence-corrected chi connectivity index (χ4v) is 7.05. The first kappa shape index (κ1) is 28.4. The van der Waals surface area contributed by atoms with E-state index in [1.165, 1.54) is 4.90 Å². The first-order valence-electron chi connectivity index (χ1n) is 14.7. The van der Waals surface area contributed by atoms with Gasteiger partial charge in [-0.1, -0.05) is 31.2 Å². The van der Waals surface area contributed by atoms with Crippen molar-refractivity contribution in [3.8, 4) is 0 Å². The summed E-state index contributed by atoms with van der Waals surface area (Å²) in [5, 5.41) is 9.91. The Bertz CT molecular complexity index is 1180. The largest absolute Gasteiger partial charge is 0.465 e. The van der Waals surface area contributed by atoms with Gasteiger partial charge in [0.2, 0.25) is 5.91 Å². The molecule has 4 heterocycles. The minimum atomic E-state index is -1.36. The number of anilines is 2. The highest BCUT2D eigenvalue weighted by molar-refractivity contribution is 6.05. The molecule has 0 aliphatic carbocycles. The molecule has 4 aliphatic heterocycles. The van der Waals surface area contributed by atoms with Gasteiger partial charge in [0.05, 0.1) is 19.1 Å². The number of amides is 2. The molecule has 1 N–H and O–H groups in total. The van der Waals surface area contributed by atoms with Crippen LogP contribution in [0, 0.1) is 11.8 Å². The topological polar surface area (TPSA) is 99.6 Å². The molecule has 0 aromatic heterocycles. The molecule has 9 nitrogen and oxygen atoms in total. The molecule has 1 aromatic carbocycles. The van der Waals surface area contributed by atoms with E-state index in [4.69, 9.17) is 9.47 Å². The summed E-state index contributed by atoms with van der Waals surface area (Å²) in [6.45, 7) is 8.12. The number of fused-ring (bicyclic) bond motifs is 2. The van der Waals surface area contributed by atoms with Crippen LogP contribution in [0.15, 0.2) is 48.6 Å². The third kappa shape index (κ3) is 4.43. The number of rotatable bonds is 7. The number of benzene rings is 1. The number of nitrogens with zero attached hydrogens (tertiary/aromatic N) is 3. The average Bonchev–Trinajstić information content (AvgIpc) is 3.31. The summed E-state index contributed by atoms with van der Waals surface area (Å²) in [4.78, 5) is 47.5. The van der Waals surface area contributed by atoms with Crippen molar-refractivity contribution >= 4 is 29.2 Å². The van der Waals surface area contributed by atoms with Crippen LogP contribution in [0.1, 0.15) is 46.5 Å². The number of carbonyl (C=O) groups is 3. The van der Waals surface area contributed by atoms with Crippen LogP contribution in [-0.4, -0.2) is 84.4 Å². The highest BCUT2D eigenvalue weighted by atomic mass is 16.6. The quantitative estimate of drug-likeness (QED) is 0.411. The van der Waals surface area contributed by atoms with Gasteiger partial charge in [-0.2, -0.15) is 0 Å².